The Kier molecular flexibility index (Phi) is 5.09. The second kappa shape index (κ2) is 6.17. The van der Waals surface area contributed by atoms with E-state index < -0.39 is 10.1 Å². The van der Waals surface area contributed by atoms with E-state index in [0.717, 1.165) is 16.9 Å². The number of aryl methyl sites for hydroxylation is 1. The van der Waals surface area contributed by atoms with Crippen LogP contribution in [0.15, 0.2) is 41.3 Å². The van der Waals surface area contributed by atoms with Crippen LogP contribution in [0.25, 0.3) is 10.8 Å². The standard InChI is InChI=1S/C11H10O3S.C4H10/c1-8-6-7-11(15(12,13)14)10-5-3-2-4-9(8)10;1-4(2)3/h2-7H,1H3,(H,12,13,14);4H,1-3H3. The minimum atomic E-state index is -4.15. The van der Waals surface area contributed by atoms with Crippen LogP contribution in [0.3, 0.4) is 0 Å². The monoisotopic (exact) mass is 280 g/mol. The van der Waals surface area contributed by atoms with Crippen molar-refractivity contribution in [3.05, 3.63) is 42.0 Å². The topological polar surface area (TPSA) is 54.4 Å². The second-order valence-electron chi connectivity index (χ2n) is 5.13. The highest BCUT2D eigenvalue weighted by molar-refractivity contribution is 7.86. The van der Waals surface area contributed by atoms with Gasteiger partial charge in [0.05, 0.1) is 0 Å². The normalized spacial score (nSPS) is 11.3. The van der Waals surface area contributed by atoms with E-state index in [1.54, 1.807) is 18.2 Å². The molecule has 0 aliphatic carbocycles. The summed E-state index contributed by atoms with van der Waals surface area (Å²) in [4.78, 5) is -0.0382. The van der Waals surface area contributed by atoms with Crippen LogP contribution in [0.5, 0.6) is 0 Å². The fourth-order valence-electron chi connectivity index (χ4n) is 1.65. The van der Waals surface area contributed by atoms with E-state index in [0.29, 0.717) is 5.39 Å². The van der Waals surface area contributed by atoms with Crippen molar-refractivity contribution in [3.63, 3.8) is 0 Å². The molecule has 0 aromatic heterocycles. The zero-order valence-electron chi connectivity index (χ0n) is 11.7. The van der Waals surface area contributed by atoms with Gasteiger partial charge >= 0.3 is 0 Å². The van der Waals surface area contributed by atoms with Gasteiger partial charge in [-0.2, -0.15) is 8.42 Å². The highest BCUT2D eigenvalue weighted by Crippen LogP contribution is 2.25. The van der Waals surface area contributed by atoms with Crippen molar-refractivity contribution in [1.82, 2.24) is 0 Å². The highest BCUT2D eigenvalue weighted by atomic mass is 32.2. The second-order valence-corrected chi connectivity index (χ2v) is 6.52. The van der Waals surface area contributed by atoms with Crippen molar-refractivity contribution < 1.29 is 13.0 Å². The number of benzene rings is 2. The molecule has 0 saturated carbocycles. The third kappa shape index (κ3) is 4.33. The molecular weight excluding hydrogens is 260 g/mol. The lowest BCUT2D eigenvalue weighted by Gasteiger charge is -2.05. The van der Waals surface area contributed by atoms with Gasteiger partial charge in [-0.1, -0.05) is 51.1 Å². The number of rotatable bonds is 1. The van der Waals surface area contributed by atoms with Crippen LogP contribution in [0.1, 0.15) is 26.3 Å². The molecule has 2 aromatic rings. The van der Waals surface area contributed by atoms with Gasteiger partial charge in [-0.05, 0) is 29.9 Å². The molecule has 0 fully saturated rings. The fourth-order valence-corrected chi connectivity index (χ4v) is 2.34. The van der Waals surface area contributed by atoms with Gasteiger partial charge in [0.2, 0.25) is 0 Å². The third-order valence-electron chi connectivity index (χ3n) is 2.38. The first kappa shape index (κ1) is 15.7. The summed E-state index contributed by atoms with van der Waals surface area (Å²) < 4.78 is 31.3. The molecule has 0 heterocycles. The molecule has 0 bridgehead atoms. The molecule has 0 radical (unpaired) electrons. The molecule has 0 amide bonds. The maximum Gasteiger partial charge on any atom is 0.295 e. The minimum absolute atomic E-state index is 0.0382. The maximum atomic E-state index is 11.1. The molecule has 3 nitrogen and oxygen atoms in total. The quantitative estimate of drug-likeness (QED) is 0.801. The van der Waals surface area contributed by atoms with Crippen LogP contribution in [-0.2, 0) is 10.1 Å². The van der Waals surface area contributed by atoms with Crippen molar-refractivity contribution in [1.29, 1.82) is 0 Å². The molecule has 4 heteroatoms. The number of hydrogen-bond donors (Lipinski definition) is 1. The average molecular weight is 280 g/mol. The average Bonchev–Trinajstić information content (AvgIpc) is 2.27. The Balaban J connectivity index is 0.000000399. The summed E-state index contributed by atoms with van der Waals surface area (Å²) in [6.45, 7) is 8.40. The van der Waals surface area contributed by atoms with Crippen molar-refractivity contribution >= 4 is 20.9 Å². The van der Waals surface area contributed by atoms with Crippen molar-refractivity contribution in [2.24, 2.45) is 5.92 Å². The third-order valence-corrected chi connectivity index (χ3v) is 3.29. The van der Waals surface area contributed by atoms with Crippen LogP contribution in [0.4, 0.5) is 0 Å². The first-order valence-corrected chi connectivity index (χ1v) is 7.63. The van der Waals surface area contributed by atoms with Crippen molar-refractivity contribution in [2.45, 2.75) is 32.6 Å². The molecule has 0 unspecified atom stereocenters. The molecule has 19 heavy (non-hydrogen) atoms. The Hall–Kier alpha value is -1.39. The van der Waals surface area contributed by atoms with Gasteiger partial charge in [0, 0.05) is 5.39 Å². The molecule has 1 N–H and O–H groups in total. The van der Waals surface area contributed by atoms with E-state index in [1.807, 2.05) is 19.1 Å². The molecule has 0 atom stereocenters. The molecule has 2 aromatic carbocycles. The Bertz CT molecular complexity index is 655. The minimum Gasteiger partial charge on any atom is -0.282 e. The summed E-state index contributed by atoms with van der Waals surface area (Å²) in [5.41, 5.74) is 0.984. The van der Waals surface area contributed by atoms with Gasteiger partial charge in [0.1, 0.15) is 4.90 Å². The lowest BCUT2D eigenvalue weighted by Crippen LogP contribution is -1.99. The zero-order chi connectivity index (χ0) is 14.6. The number of hydrogen-bond acceptors (Lipinski definition) is 2. The predicted octanol–water partition coefficient (Wildman–Crippen LogP) is 4.06. The molecule has 104 valence electrons. The zero-order valence-corrected chi connectivity index (χ0v) is 12.5. The molecule has 0 aliphatic heterocycles. The fraction of sp³-hybridized carbons (Fsp3) is 0.333. The summed E-state index contributed by atoms with van der Waals surface area (Å²) >= 11 is 0. The highest BCUT2D eigenvalue weighted by Gasteiger charge is 2.13. The smallest absolute Gasteiger partial charge is 0.282 e. The van der Waals surface area contributed by atoms with E-state index in [1.165, 1.54) is 6.07 Å². The lowest BCUT2D eigenvalue weighted by molar-refractivity contribution is 0.484. The van der Waals surface area contributed by atoms with Gasteiger partial charge < -0.3 is 0 Å². The number of fused-ring (bicyclic) bond motifs is 1. The van der Waals surface area contributed by atoms with Crippen molar-refractivity contribution in [3.8, 4) is 0 Å². The van der Waals surface area contributed by atoms with E-state index in [-0.39, 0.29) is 4.90 Å². The van der Waals surface area contributed by atoms with Crippen molar-refractivity contribution in [2.75, 3.05) is 0 Å². The summed E-state index contributed by atoms with van der Waals surface area (Å²) in [5, 5.41) is 1.40. The molecule has 0 saturated heterocycles. The van der Waals surface area contributed by atoms with Gasteiger partial charge in [0.15, 0.2) is 0 Å². The van der Waals surface area contributed by atoms with Gasteiger partial charge in [-0.25, -0.2) is 0 Å². The van der Waals surface area contributed by atoms with E-state index in [4.69, 9.17) is 4.55 Å². The molecule has 2 rings (SSSR count). The first-order chi connectivity index (χ1) is 8.73. The van der Waals surface area contributed by atoms with Crippen LogP contribution < -0.4 is 0 Å². The first-order valence-electron chi connectivity index (χ1n) is 6.19. The summed E-state index contributed by atoms with van der Waals surface area (Å²) in [7, 11) is -4.15. The summed E-state index contributed by atoms with van der Waals surface area (Å²) in [5.74, 6) is 0.833. The Morgan fingerprint density at radius 1 is 0.947 bits per heavy atom. The lowest BCUT2D eigenvalue weighted by atomic mass is 10.1. The largest absolute Gasteiger partial charge is 0.295 e. The Labute approximate surface area is 115 Å². The van der Waals surface area contributed by atoms with Crippen LogP contribution in [0.2, 0.25) is 0 Å². The Morgan fingerprint density at radius 2 is 1.42 bits per heavy atom. The van der Waals surface area contributed by atoms with E-state index in [9.17, 15) is 8.42 Å². The van der Waals surface area contributed by atoms with Gasteiger partial charge in [-0.3, -0.25) is 4.55 Å². The van der Waals surface area contributed by atoms with E-state index >= 15 is 0 Å². The van der Waals surface area contributed by atoms with Crippen LogP contribution in [0, 0.1) is 12.8 Å². The van der Waals surface area contributed by atoms with Gasteiger partial charge in [0.25, 0.3) is 10.1 Å². The molecule has 0 aliphatic rings. The van der Waals surface area contributed by atoms with E-state index in [2.05, 4.69) is 20.8 Å². The summed E-state index contributed by atoms with van der Waals surface area (Å²) in [6, 6.07) is 10.2. The van der Waals surface area contributed by atoms with Gasteiger partial charge in [-0.15, -0.1) is 0 Å². The predicted molar refractivity (Wildman–Crippen MR) is 79.0 cm³/mol. The Morgan fingerprint density at radius 3 is 1.89 bits per heavy atom. The van der Waals surface area contributed by atoms with Crippen LogP contribution in [-0.4, -0.2) is 13.0 Å². The summed E-state index contributed by atoms with van der Waals surface area (Å²) in [6.07, 6.45) is 0. The SMILES string of the molecule is CC(C)C.Cc1ccc(S(=O)(=O)O)c2ccccc12. The molecular formula is C15H20O3S. The maximum absolute atomic E-state index is 11.1. The molecule has 0 spiro atoms. The van der Waals surface area contributed by atoms with Crippen LogP contribution >= 0.6 is 0 Å².